The van der Waals surface area contributed by atoms with Crippen molar-refractivity contribution in [1.29, 1.82) is 0 Å². The summed E-state index contributed by atoms with van der Waals surface area (Å²) in [7, 11) is 0. The van der Waals surface area contributed by atoms with Crippen molar-refractivity contribution in [3.63, 3.8) is 0 Å². The van der Waals surface area contributed by atoms with Gasteiger partial charge in [-0.1, -0.05) is 12.1 Å². The first kappa shape index (κ1) is 13.0. The molecule has 1 rings (SSSR count). The van der Waals surface area contributed by atoms with Gasteiger partial charge in [0, 0.05) is 25.2 Å². The van der Waals surface area contributed by atoms with E-state index in [0.717, 1.165) is 11.3 Å². The third kappa shape index (κ3) is 4.97. The zero-order valence-corrected chi connectivity index (χ0v) is 9.99. The molecule has 2 N–H and O–H groups in total. The lowest BCUT2D eigenvalue weighted by Gasteiger charge is -2.01. The van der Waals surface area contributed by atoms with E-state index in [1.807, 2.05) is 19.1 Å². The standard InChI is InChI=1S/C13H16N2O2/c1-3-14-13(17)9-6-11-4-7-12(8-5-11)15-10(2)16/h4-9H,3H2,1-2H3,(H,14,17)(H,15,16)/b9-6+. The molecule has 0 heterocycles. The fraction of sp³-hybridized carbons (Fsp3) is 0.231. The highest BCUT2D eigenvalue weighted by Gasteiger charge is 1.95. The van der Waals surface area contributed by atoms with Gasteiger partial charge >= 0.3 is 0 Å². The minimum atomic E-state index is -0.113. The van der Waals surface area contributed by atoms with Crippen molar-refractivity contribution in [2.45, 2.75) is 13.8 Å². The molecule has 0 atom stereocenters. The van der Waals surface area contributed by atoms with Gasteiger partial charge in [0.2, 0.25) is 11.8 Å². The molecule has 0 radical (unpaired) electrons. The van der Waals surface area contributed by atoms with Crippen LogP contribution in [0, 0.1) is 0 Å². The van der Waals surface area contributed by atoms with Crippen LogP contribution in [0.1, 0.15) is 19.4 Å². The number of rotatable bonds is 4. The smallest absolute Gasteiger partial charge is 0.243 e. The summed E-state index contributed by atoms with van der Waals surface area (Å²) in [5.74, 6) is -0.214. The molecule has 1 aromatic carbocycles. The SMILES string of the molecule is CCNC(=O)/C=C/c1ccc(NC(C)=O)cc1. The molecule has 90 valence electrons. The van der Waals surface area contributed by atoms with Gasteiger partial charge in [-0.15, -0.1) is 0 Å². The summed E-state index contributed by atoms with van der Waals surface area (Å²) in [4.78, 5) is 22.0. The molecule has 0 aliphatic heterocycles. The van der Waals surface area contributed by atoms with Crippen LogP contribution in [0.25, 0.3) is 6.08 Å². The molecule has 0 saturated heterocycles. The second kappa shape index (κ2) is 6.48. The number of carbonyl (C=O) groups excluding carboxylic acids is 2. The number of hydrogen-bond acceptors (Lipinski definition) is 2. The summed E-state index contributed by atoms with van der Waals surface area (Å²) < 4.78 is 0. The van der Waals surface area contributed by atoms with Crippen LogP contribution in [0.4, 0.5) is 5.69 Å². The van der Waals surface area contributed by atoms with Crippen LogP contribution in [-0.2, 0) is 9.59 Å². The van der Waals surface area contributed by atoms with E-state index in [1.165, 1.54) is 13.0 Å². The highest BCUT2D eigenvalue weighted by molar-refractivity contribution is 5.92. The average molecular weight is 232 g/mol. The monoisotopic (exact) mass is 232 g/mol. The van der Waals surface area contributed by atoms with Crippen LogP contribution < -0.4 is 10.6 Å². The van der Waals surface area contributed by atoms with E-state index in [9.17, 15) is 9.59 Å². The Morgan fingerprint density at radius 3 is 2.41 bits per heavy atom. The van der Waals surface area contributed by atoms with Crippen LogP contribution in [0.3, 0.4) is 0 Å². The van der Waals surface area contributed by atoms with Crippen LogP contribution in [0.2, 0.25) is 0 Å². The van der Waals surface area contributed by atoms with Gasteiger partial charge < -0.3 is 10.6 Å². The largest absolute Gasteiger partial charge is 0.353 e. The third-order valence-corrected chi connectivity index (χ3v) is 2.01. The summed E-state index contributed by atoms with van der Waals surface area (Å²) in [6, 6.07) is 7.25. The van der Waals surface area contributed by atoms with Crippen LogP contribution in [-0.4, -0.2) is 18.4 Å². The molecule has 0 bridgehead atoms. The summed E-state index contributed by atoms with van der Waals surface area (Å²) in [5.41, 5.74) is 1.65. The van der Waals surface area contributed by atoms with Crippen molar-refractivity contribution < 1.29 is 9.59 Å². The zero-order valence-electron chi connectivity index (χ0n) is 9.99. The first-order valence-corrected chi connectivity index (χ1v) is 5.45. The van der Waals surface area contributed by atoms with Gasteiger partial charge in [0.05, 0.1) is 0 Å². The predicted octanol–water partition coefficient (Wildman–Crippen LogP) is 1.79. The topological polar surface area (TPSA) is 58.2 Å². The first-order valence-electron chi connectivity index (χ1n) is 5.45. The first-order chi connectivity index (χ1) is 8.11. The minimum absolute atomic E-state index is 0.101. The van der Waals surface area contributed by atoms with Gasteiger partial charge in [-0.05, 0) is 30.7 Å². The zero-order chi connectivity index (χ0) is 12.7. The fourth-order valence-corrected chi connectivity index (χ4v) is 1.29. The summed E-state index contributed by atoms with van der Waals surface area (Å²) in [5, 5.41) is 5.35. The van der Waals surface area contributed by atoms with Crippen molar-refractivity contribution in [3.8, 4) is 0 Å². The lowest BCUT2D eigenvalue weighted by Crippen LogP contribution is -2.19. The second-order valence-electron chi connectivity index (χ2n) is 3.53. The van der Waals surface area contributed by atoms with Gasteiger partial charge in [0.15, 0.2) is 0 Å². The summed E-state index contributed by atoms with van der Waals surface area (Å²) in [6.07, 6.45) is 3.21. The van der Waals surface area contributed by atoms with Gasteiger partial charge in [-0.2, -0.15) is 0 Å². The fourth-order valence-electron chi connectivity index (χ4n) is 1.29. The van der Waals surface area contributed by atoms with E-state index < -0.39 is 0 Å². The molecule has 0 fully saturated rings. The molecule has 0 saturated carbocycles. The molecule has 0 aliphatic rings. The Hall–Kier alpha value is -2.10. The highest BCUT2D eigenvalue weighted by Crippen LogP contribution is 2.10. The lowest BCUT2D eigenvalue weighted by atomic mass is 10.2. The molecule has 0 spiro atoms. The van der Waals surface area contributed by atoms with Crippen molar-refractivity contribution >= 4 is 23.6 Å². The number of likely N-dealkylation sites (N-methyl/N-ethyl adjacent to an activating group) is 1. The summed E-state index contributed by atoms with van der Waals surface area (Å²) in [6.45, 7) is 3.95. The molecule has 4 heteroatoms. The number of hydrogen-bond donors (Lipinski definition) is 2. The van der Waals surface area contributed by atoms with Crippen LogP contribution in [0.5, 0.6) is 0 Å². The Morgan fingerprint density at radius 1 is 1.24 bits per heavy atom. The van der Waals surface area contributed by atoms with E-state index in [0.29, 0.717) is 6.54 Å². The number of nitrogens with one attached hydrogen (secondary N) is 2. The Kier molecular flexibility index (Phi) is 4.94. The number of anilines is 1. The molecule has 0 aromatic heterocycles. The van der Waals surface area contributed by atoms with Crippen molar-refractivity contribution in [2.75, 3.05) is 11.9 Å². The van der Waals surface area contributed by atoms with Crippen molar-refractivity contribution in [1.82, 2.24) is 5.32 Å². The molecular formula is C13H16N2O2. The van der Waals surface area contributed by atoms with E-state index in [-0.39, 0.29) is 11.8 Å². The van der Waals surface area contributed by atoms with Gasteiger partial charge in [-0.3, -0.25) is 9.59 Å². The second-order valence-corrected chi connectivity index (χ2v) is 3.53. The Morgan fingerprint density at radius 2 is 1.88 bits per heavy atom. The molecule has 0 unspecified atom stereocenters. The molecule has 2 amide bonds. The lowest BCUT2D eigenvalue weighted by molar-refractivity contribution is -0.116. The number of carbonyl (C=O) groups is 2. The minimum Gasteiger partial charge on any atom is -0.353 e. The maximum Gasteiger partial charge on any atom is 0.243 e. The van der Waals surface area contributed by atoms with E-state index in [1.54, 1.807) is 18.2 Å². The maximum absolute atomic E-state index is 11.2. The molecule has 1 aromatic rings. The number of benzene rings is 1. The molecule has 4 nitrogen and oxygen atoms in total. The molecule has 0 aliphatic carbocycles. The van der Waals surface area contributed by atoms with Gasteiger partial charge in [-0.25, -0.2) is 0 Å². The van der Waals surface area contributed by atoms with E-state index in [4.69, 9.17) is 0 Å². The quantitative estimate of drug-likeness (QED) is 0.778. The Balaban J connectivity index is 2.62. The normalized spacial score (nSPS) is 10.2. The van der Waals surface area contributed by atoms with E-state index >= 15 is 0 Å². The van der Waals surface area contributed by atoms with Crippen molar-refractivity contribution in [3.05, 3.63) is 35.9 Å². The predicted molar refractivity (Wildman–Crippen MR) is 68.5 cm³/mol. The van der Waals surface area contributed by atoms with Crippen LogP contribution in [0.15, 0.2) is 30.3 Å². The summed E-state index contributed by atoms with van der Waals surface area (Å²) >= 11 is 0. The average Bonchev–Trinajstić information content (AvgIpc) is 2.28. The third-order valence-electron chi connectivity index (χ3n) is 2.01. The Bertz CT molecular complexity index is 422. The molecular weight excluding hydrogens is 216 g/mol. The van der Waals surface area contributed by atoms with Crippen LogP contribution >= 0.6 is 0 Å². The van der Waals surface area contributed by atoms with Gasteiger partial charge in [0.25, 0.3) is 0 Å². The molecule has 17 heavy (non-hydrogen) atoms. The highest BCUT2D eigenvalue weighted by atomic mass is 16.2. The Labute approximate surface area is 101 Å². The van der Waals surface area contributed by atoms with Crippen molar-refractivity contribution in [2.24, 2.45) is 0 Å². The number of amides is 2. The maximum atomic E-state index is 11.2. The van der Waals surface area contributed by atoms with Gasteiger partial charge in [0.1, 0.15) is 0 Å². The van der Waals surface area contributed by atoms with E-state index in [2.05, 4.69) is 10.6 Å².